The van der Waals surface area contributed by atoms with Gasteiger partial charge in [0.2, 0.25) is 0 Å². The van der Waals surface area contributed by atoms with Gasteiger partial charge in [-0.2, -0.15) is 0 Å². The molecule has 0 aliphatic rings. The van der Waals surface area contributed by atoms with Crippen molar-refractivity contribution in [2.24, 2.45) is 0 Å². The van der Waals surface area contributed by atoms with Gasteiger partial charge >= 0.3 is 0 Å². The predicted octanol–water partition coefficient (Wildman–Crippen LogP) is 1.51. The van der Waals surface area contributed by atoms with Gasteiger partial charge in [0.15, 0.2) is 0 Å². The molecular weight excluding hydrogens is 112 g/mol. The van der Waals surface area contributed by atoms with Crippen LogP contribution in [0.15, 0.2) is 24.3 Å². The quantitative estimate of drug-likeness (QED) is 0.449. The van der Waals surface area contributed by atoms with Gasteiger partial charge in [0.1, 0.15) is 0 Å². The second kappa shape index (κ2) is 2.87. The highest BCUT2D eigenvalue weighted by Crippen LogP contribution is 2.00. The largest absolute Gasteiger partial charge is 0.346 e. The van der Waals surface area contributed by atoms with E-state index in [2.05, 4.69) is 11.4 Å². The summed E-state index contributed by atoms with van der Waals surface area (Å²) >= 11 is 0. The molecular formula is C7H7N2. The molecule has 1 rings (SSSR count). The number of benzene rings is 1. The van der Waals surface area contributed by atoms with Gasteiger partial charge in [-0.05, 0) is 6.07 Å². The van der Waals surface area contributed by atoms with E-state index in [9.17, 15) is 0 Å². The van der Waals surface area contributed by atoms with E-state index < -0.39 is 0 Å². The highest BCUT2D eigenvalue weighted by molar-refractivity contribution is 5.72. The maximum atomic E-state index is 6.68. The second-order valence-corrected chi connectivity index (χ2v) is 1.56. The van der Waals surface area contributed by atoms with Crippen LogP contribution in [0.1, 0.15) is 0 Å². The van der Waals surface area contributed by atoms with Gasteiger partial charge in [0.25, 0.3) is 0 Å². The van der Waals surface area contributed by atoms with Crippen LogP contribution in [0.4, 0.5) is 5.69 Å². The van der Waals surface area contributed by atoms with E-state index >= 15 is 0 Å². The zero-order chi connectivity index (χ0) is 6.53. The van der Waals surface area contributed by atoms with E-state index in [4.69, 9.17) is 5.41 Å². The van der Waals surface area contributed by atoms with Crippen molar-refractivity contribution in [3.05, 3.63) is 30.3 Å². The summed E-state index contributed by atoms with van der Waals surface area (Å²) in [5.74, 6) is 0. The summed E-state index contributed by atoms with van der Waals surface area (Å²) in [5, 5.41) is 9.38. The smallest absolute Gasteiger partial charge is 0.0835 e. The number of para-hydroxylation sites is 1. The minimum atomic E-state index is 0.826. The Morgan fingerprint density at radius 1 is 1.56 bits per heavy atom. The zero-order valence-corrected chi connectivity index (χ0v) is 4.89. The van der Waals surface area contributed by atoms with Crippen molar-refractivity contribution in [3.63, 3.8) is 0 Å². The highest BCUT2D eigenvalue weighted by atomic mass is 14.9. The van der Waals surface area contributed by atoms with Crippen LogP contribution in [-0.2, 0) is 0 Å². The van der Waals surface area contributed by atoms with E-state index in [1.165, 1.54) is 0 Å². The second-order valence-electron chi connectivity index (χ2n) is 1.56. The number of anilines is 1. The third kappa shape index (κ3) is 1.57. The monoisotopic (exact) mass is 119 g/mol. The van der Waals surface area contributed by atoms with Gasteiger partial charge in [-0.15, -0.1) is 0 Å². The molecule has 0 aromatic heterocycles. The van der Waals surface area contributed by atoms with Gasteiger partial charge < -0.3 is 5.32 Å². The summed E-state index contributed by atoms with van der Waals surface area (Å²) in [6.07, 6.45) is 1.13. The van der Waals surface area contributed by atoms with Crippen molar-refractivity contribution >= 4 is 12.0 Å². The Labute approximate surface area is 54.0 Å². The Morgan fingerprint density at radius 3 is 3.00 bits per heavy atom. The topological polar surface area (TPSA) is 35.9 Å². The van der Waals surface area contributed by atoms with E-state index in [-0.39, 0.29) is 0 Å². The molecule has 0 amide bonds. The first kappa shape index (κ1) is 5.82. The van der Waals surface area contributed by atoms with E-state index in [0.29, 0.717) is 0 Å². The van der Waals surface area contributed by atoms with Crippen LogP contribution in [-0.4, -0.2) is 6.34 Å². The van der Waals surface area contributed by atoms with Gasteiger partial charge in [-0.3, -0.25) is 5.41 Å². The molecule has 1 radical (unpaired) electrons. The first-order valence-corrected chi connectivity index (χ1v) is 2.65. The Kier molecular flexibility index (Phi) is 1.85. The predicted molar refractivity (Wildman–Crippen MR) is 37.7 cm³/mol. The van der Waals surface area contributed by atoms with E-state index in [1.54, 1.807) is 6.07 Å². The van der Waals surface area contributed by atoms with Crippen LogP contribution in [0.5, 0.6) is 0 Å². The average molecular weight is 119 g/mol. The fourth-order valence-electron chi connectivity index (χ4n) is 0.561. The molecule has 9 heavy (non-hydrogen) atoms. The summed E-state index contributed by atoms with van der Waals surface area (Å²) in [4.78, 5) is 0. The molecule has 0 aliphatic heterocycles. The van der Waals surface area contributed by atoms with Crippen LogP contribution < -0.4 is 5.32 Å². The van der Waals surface area contributed by atoms with Gasteiger partial charge in [0.05, 0.1) is 6.34 Å². The summed E-state index contributed by atoms with van der Waals surface area (Å²) in [7, 11) is 0. The standard InChI is InChI=1S/C7H7N2/c8-6-9-7-4-2-1-3-5-7/h1-4,6H,(H2,8,9). The lowest BCUT2D eigenvalue weighted by molar-refractivity contribution is 1.53. The number of rotatable bonds is 2. The molecule has 0 heterocycles. The molecule has 0 spiro atoms. The SMILES string of the molecule is N=CNc1[c]cccc1. The van der Waals surface area contributed by atoms with Crippen LogP contribution >= 0.6 is 0 Å². The molecule has 0 fully saturated rings. The first-order valence-electron chi connectivity index (χ1n) is 2.65. The lowest BCUT2D eigenvalue weighted by Crippen LogP contribution is -1.91. The number of hydrogen-bond donors (Lipinski definition) is 2. The van der Waals surface area contributed by atoms with Crippen molar-refractivity contribution in [1.29, 1.82) is 5.41 Å². The maximum absolute atomic E-state index is 6.68. The highest BCUT2D eigenvalue weighted by Gasteiger charge is 1.81. The lowest BCUT2D eigenvalue weighted by atomic mass is 10.3. The fourth-order valence-corrected chi connectivity index (χ4v) is 0.561. The van der Waals surface area contributed by atoms with Crippen molar-refractivity contribution in [2.45, 2.75) is 0 Å². The lowest BCUT2D eigenvalue weighted by Gasteiger charge is -1.93. The van der Waals surface area contributed by atoms with E-state index in [1.807, 2.05) is 18.2 Å². The molecule has 1 aromatic carbocycles. The maximum Gasteiger partial charge on any atom is 0.0835 e. The summed E-state index contributed by atoms with van der Waals surface area (Å²) in [6, 6.07) is 10.3. The molecule has 0 atom stereocenters. The summed E-state index contributed by atoms with van der Waals surface area (Å²) in [6.45, 7) is 0. The Morgan fingerprint density at radius 2 is 2.44 bits per heavy atom. The molecule has 2 nitrogen and oxygen atoms in total. The molecule has 1 aromatic rings. The van der Waals surface area contributed by atoms with Gasteiger partial charge in [0, 0.05) is 11.8 Å². The molecule has 0 bridgehead atoms. The minimum absolute atomic E-state index is 0.826. The van der Waals surface area contributed by atoms with E-state index in [0.717, 1.165) is 12.0 Å². The van der Waals surface area contributed by atoms with Crippen LogP contribution in [0.25, 0.3) is 0 Å². The third-order valence-corrected chi connectivity index (χ3v) is 0.937. The Hall–Kier alpha value is -1.31. The van der Waals surface area contributed by atoms with Crippen LogP contribution in [0, 0.1) is 11.5 Å². The average Bonchev–Trinajstić information content (AvgIpc) is 1.91. The van der Waals surface area contributed by atoms with Crippen molar-refractivity contribution in [1.82, 2.24) is 0 Å². The third-order valence-electron chi connectivity index (χ3n) is 0.937. The summed E-state index contributed by atoms with van der Waals surface area (Å²) in [5.41, 5.74) is 0.826. The number of nitrogens with one attached hydrogen (secondary N) is 2. The van der Waals surface area contributed by atoms with Crippen LogP contribution in [0.3, 0.4) is 0 Å². The van der Waals surface area contributed by atoms with Crippen molar-refractivity contribution < 1.29 is 0 Å². The van der Waals surface area contributed by atoms with Crippen molar-refractivity contribution in [2.75, 3.05) is 5.32 Å². The normalized spacial score (nSPS) is 8.44. The Bertz CT molecular complexity index is 181. The number of hydrogen-bond acceptors (Lipinski definition) is 1. The van der Waals surface area contributed by atoms with Crippen molar-refractivity contribution in [3.8, 4) is 0 Å². The zero-order valence-electron chi connectivity index (χ0n) is 4.89. The first-order chi connectivity index (χ1) is 4.43. The molecule has 0 aliphatic carbocycles. The Balaban J connectivity index is 2.72. The minimum Gasteiger partial charge on any atom is -0.346 e. The van der Waals surface area contributed by atoms with Gasteiger partial charge in [-0.1, -0.05) is 18.2 Å². The van der Waals surface area contributed by atoms with Gasteiger partial charge in [-0.25, -0.2) is 0 Å². The molecule has 2 heteroatoms. The molecule has 0 saturated heterocycles. The molecule has 0 unspecified atom stereocenters. The molecule has 45 valence electrons. The molecule has 2 N–H and O–H groups in total. The fraction of sp³-hybridized carbons (Fsp3) is 0. The van der Waals surface area contributed by atoms with Crippen LogP contribution in [0.2, 0.25) is 0 Å². The summed E-state index contributed by atoms with van der Waals surface area (Å²) < 4.78 is 0. The molecule has 0 saturated carbocycles.